The number of aliphatic imine (C=N–C) groups is 1. The predicted octanol–water partition coefficient (Wildman–Crippen LogP) is 4.22. The minimum atomic E-state index is -1.15. The third-order valence-electron chi connectivity index (χ3n) is 3.81. The van der Waals surface area contributed by atoms with Gasteiger partial charge in [0.15, 0.2) is 10.9 Å². The Kier molecular flexibility index (Phi) is 3.70. The fourth-order valence-corrected chi connectivity index (χ4v) is 4.46. The van der Waals surface area contributed by atoms with Crippen LogP contribution in [0.1, 0.15) is 11.1 Å². The molecule has 3 heterocycles. The second-order valence-corrected chi connectivity index (χ2v) is 7.51. The molecule has 2 aliphatic heterocycles. The molecule has 4 rings (SSSR count). The Labute approximate surface area is 154 Å². The van der Waals surface area contributed by atoms with Crippen molar-refractivity contribution in [2.75, 3.05) is 5.75 Å². The lowest BCUT2D eigenvalue weighted by molar-refractivity contribution is 0.200. The summed E-state index contributed by atoms with van der Waals surface area (Å²) in [6.07, 6.45) is 0.417. The molecule has 0 aliphatic carbocycles. The highest BCUT2D eigenvalue weighted by molar-refractivity contribution is 9.10. The number of hydrogen-bond acceptors (Lipinski definition) is 5. The third kappa shape index (κ3) is 2.45. The molecule has 0 bridgehead atoms. The maximum Gasteiger partial charge on any atom is 0.410 e. The highest BCUT2D eigenvalue weighted by Gasteiger charge is 2.46. The minimum absolute atomic E-state index is 0.329. The predicted molar refractivity (Wildman–Crippen MR) is 95.3 cm³/mol. The van der Waals surface area contributed by atoms with E-state index in [9.17, 15) is 4.79 Å². The summed E-state index contributed by atoms with van der Waals surface area (Å²) in [6.45, 7) is 0. The lowest BCUT2D eigenvalue weighted by Crippen LogP contribution is -2.31. The zero-order chi connectivity index (χ0) is 16.9. The molecule has 1 amide bonds. The Morgan fingerprint density at radius 1 is 1.38 bits per heavy atom. The third-order valence-corrected chi connectivity index (χ3v) is 5.54. The van der Waals surface area contributed by atoms with E-state index >= 15 is 0 Å². The van der Waals surface area contributed by atoms with Crippen molar-refractivity contribution >= 4 is 50.6 Å². The van der Waals surface area contributed by atoms with Gasteiger partial charge in [0, 0.05) is 21.4 Å². The van der Waals surface area contributed by atoms with E-state index in [2.05, 4.69) is 31.2 Å². The molecule has 9 heteroatoms. The molecule has 0 saturated heterocycles. The van der Waals surface area contributed by atoms with Gasteiger partial charge in [0.1, 0.15) is 16.4 Å². The molecule has 2 N–H and O–H groups in total. The van der Waals surface area contributed by atoms with Gasteiger partial charge in [-0.3, -0.25) is 5.32 Å². The molecule has 1 unspecified atom stereocenters. The second-order valence-electron chi connectivity index (χ2n) is 5.24. The number of rotatable bonds is 0. The number of ether oxygens (including phenoxy) is 1. The summed E-state index contributed by atoms with van der Waals surface area (Å²) in [5.41, 5.74) is 0.839. The van der Waals surface area contributed by atoms with Gasteiger partial charge in [-0.2, -0.15) is 0 Å². The van der Waals surface area contributed by atoms with Gasteiger partial charge in [0.05, 0.1) is 6.20 Å². The van der Waals surface area contributed by atoms with E-state index in [0.29, 0.717) is 27.6 Å². The van der Waals surface area contributed by atoms with Crippen molar-refractivity contribution in [3.63, 3.8) is 0 Å². The van der Waals surface area contributed by atoms with E-state index in [1.54, 1.807) is 12.3 Å². The molecule has 1 aromatic carbocycles. The van der Waals surface area contributed by atoms with Crippen molar-refractivity contribution < 1.29 is 14.6 Å². The molecule has 1 spiro atoms. The second kappa shape index (κ2) is 5.65. The molecule has 0 saturated carbocycles. The van der Waals surface area contributed by atoms with Gasteiger partial charge in [-0.15, -0.1) is 0 Å². The fraction of sp³-hybridized carbons (Fsp3) is 0.133. The van der Waals surface area contributed by atoms with Crippen molar-refractivity contribution in [1.82, 2.24) is 10.3 Å². The Bertz CT molecular complexity index is 854. The topological polar surface area (TPSA) is 83.8 Å². The number of thioether (sulfide) groups is 1. The Hall–Kier alpha value is -1.77. The number of fused-ring (bicyclic) bond motifs is 4. The van der Waals surface area contributed by atoms with Crippen LogP contribution in [-0.4, -0.2) is 27.1 Å². The summed E-state index contributed by atoms with van der Waals surface area (Å²) in [7, 11) is 0. The van der Waals surface area contributed by atoms with Crippen LogP contribution in [0.2, 0.25) is 5.15 Å². The van der Waals surface area contributed by atoms with Gasteiger partial charge in [0.2, 0.25) is 0 Å². The molecule has 0 radical (unpaired) electrons. The van der Waals surface area contributed by atoms with Crippen LogP contribution in [-0.2, 0) is 5.54 Å². The van der Waals surface area contributed by atoms with Crippen LogP contribution in [0.25, 0.3) is 0 Å². The summed E-state index contributed by atoms with van der Waals surface area (Å²) in [6, 6.07) is 7.37. The van der Waals surface area contributed by atoms with E-state index < -0.39 is 11.6 Å². The van der Waals surface area contributed by atoms with Crippen molar-refractivity contribution in [3.8, 4) is 11.5 Å². The molecular formula is C15H9BrClN3O3S. The van der Waals surface area contributed by atoms with Crippen LogP contribution in [0.3, 0.4) is 0 Å². The monoisotopic (exact) mass is 425 g/mol. The molecular weight excluding hydrogens is 418 g/mol. The van der Waals surface area contributed by atoms with Crippen molar-refractivity contribution in [3.05, 3.63) is 51.2 Å². The highest BCUT2D eigenvalue weighted by Crippen LogP contribution is 2.53. The van der Waals surface area contributed by atoms with Crippen molar-refractivity contribution in [1.29, 1.82) is 0 Å². The molecule has 24 heavy (non-hydrogen) atoms. The first-order valence-corrected chi connectivity index (χ1v) is 9.00. The van der Waals surface area contributed by atoms with Gasteiger partial charge in [0.25, 0.3) is 0 Å². The number of carboxylic acid groups (broad SMARTS) is 1. The number of nitrogens with one attached hydrogen (secondary N) is 1. The van der Waals surface area contributed by atoms with Crippen LogP contribution in [0, 0.1) is 0 Å². The Morgan fingerprint density at radius 3 is 2.96 bits per heavy atom. The number of carbonyl (C=O) groups is 1. The van der Waals surface area contributed by atoms with E-state index in [0.717, 1.165) is 15.6 Å². The van der Waals surface area contributed by atoms with E-state index in [4.69, 9.17) is 21.4 Å². The van der Waals surface area contributed by atoms with Gasteiger partial charge in [-0.05, 0) is 24.3 Å². The number of amides is 1. The summed E-state index contributed by atoms with van der Waals surface area (Å²) < 4.78 is 6.82. The van der Waals surface area contributed by atoms with Crippen LogP contribution < -0.4 is 10.1 Å². The standard InChI is InChI=1S/C15H9BrClN3O3S/c16-7-1-2-10-8(3-7)15(6-24-13(20-15)19-14(21)22)9-4-12(17)18-5-11(9)23-10/h1-5H,6H2,(H,19,20)(H,21,22). The number of amidine groups is 1. The van der Waals surface area contributed by atoms with Crippen LogP contribution in [0.5, 0.6) is 11.5 Å². The molecule has 1 atom stereocenters. The zero-order valence-electron chi connectivity index (χ0n) is 11.9. The van der Waals surface area contributed by atoms with Gasteiger partial charge in [-0.1, -0.05) is 39.3 Å². The van der Waals surface area contributed by atoms with E-state index in [1.807, 2.05) is 18.2 Å². The lowest BCUT2D eigenvalue weighted by atomic mass is 9.83. The van der Waals surface area contributed by atoms with Crippen molar-refractivity contribution in [2.24, 2.45) is 4.99 Å². The molecule has 6 nitrogen and oxygen atoms in total. The summed E-state index contributed by atoms with van der Waals surface area (Å²) >= 11 is 10.9. The number of halogens is 2. The van der Waals surface area contributed by atoms with Crippen molar-refractivity contribution in [2.45, 2.75) is 5.54 Å². The first-order valence-electron chi connectivity index (χ1n) is 6.84. The first-order chi connectivity index (χ1) is 11.5. The van der Waals surface area contributed by atoms with Gasteiger partial charge < -0.3 is 9.84 Å². The largest absolute Gasteiger partial charge is 0.465 e. The zero-order valence-corrected chi connectivity index (χ0v) is 15.1. The number of nitrogens with zero attached hydrogens (tertiary/aromatic N) is 2. The number of hydrogen-bond donors (Lipinski definition) is 2. The van der Waals surface area contributed by atoms with E-state index in [1.165, 1.54) is 11.8 Å². The normalized spacial score (nSPS) is 20.8. The summed E-state index contributed by atoms with van der Waals surface area (Å²) in [5.74, 6) is 1.76. The average molecular weight is 427 g/mol. The quantitative estimate of drug-likeness (QED) is 0.616. The maximum absolute atomic E-state index is 11.0. The Balaban J connectivity index is 1.96. The SMILES string of the molecule is O=C(O)NC1=NC2(CS1)c1cc(Br)ccc1Oc1cnc(Cl)cc12. The average Bonchev–Trinajstić information content (AvgIpc) is 2.93. The lowest BCUT2D eigenvalue weighted by Gasteiger charge is -2.34. The van der Waals surface area contributed by atoms with E-state index in [-0.39, 0.29) is 0 Å². The van der Waals surface area contributed by atoms with Gasteiger partial charge in [-0.25, -0.2) is 14.8 Å². The highest BCUT2D eigenvalue weighted by atomic mass is 79.9. The molecule has 2 aliphatic rings. The molecule has 0 fully saturated rings. The van der Waals surface area contributed by atoms with Crippen LogP contribution >= 0.6 is 39.3 Å². The summed E-state index contributed by atoms with van der Waals surface area (Å²) in [5, 5.41) is 12.0. The first kappa shape index (κ1) is 15.7. The minimum Gasteiger partial charge on any atom is -0.465 e. The fourth-order valence-electron chi connectivity index (χ4n) is 2.84. The molecule has 2 aromatic rings. The molecule has 122 valence electrons. The Morgan fingerprint density at radius 2 is 2.17 bits per heavy atom. The smallest absolute Gasteiger partial charge is 0.410 e. The number of benzene rings is 1. The van der Waals surface area contributed by atoms with Crippen LogP contribution in [0.15, 0.2) is 39.9 Å². The van der Waals surface area contributed by atoms with Gasteiger partial charge >= 0.3 is 6.09 Å². The maximum atomic E-state index is 11.0. The number of aromatic nitrogens is 1. The number of pyridine rings is 1. The van der Waals surface area contributed by atoms with Crippen LogP contribution in [0.4, 0.5) is 4.79 Å². The summed E-state index contributed by atoms with van der Waals surface area (Å²) in [4.78, 5) is 19.7. The molecule has 1 aromatic heterocycles.